The minimum Gasteiger partial charge on any atom is -0.478 e. The Bertz CT molecular complexity index is 1040. The lowest BCUT2D eigenvalue weighted by atomic mass is 9.96. The van der Waals surface area contributed by atoms with Gasteiger partial charge in [-0.3, -0.25) is 4.90 Å². The van der Waals surface area contributed by atoms with Crippen molar-refractivity contribution < 1.29 is 19.4 Å². The Labute approximate surface area is 199 Å². The number of benzene rings is 2. The van der Waals surface area contributed by atoms with Gasteiger partial charge in [-0.25, -0.2) is 14.6 Å². The van der Waals surface area contributed by atoms with E-state index in [0.29, 0.717) is 6.42 Å². The maximum atomic E-state index is 12.2. The molecule has 0 unspecified atom stereocenters. The zero-order valence-corrected chi connectivity index (χ0v) is 19.0. The smallest absolute Gasteiger partial charge is 0.357 e. The Hall–Kier alpha value is -3.55. The van der Waals surface area contributed by atoms with Gasteiger partial charge in [-0.05, 0) is 29.7 Å². The van der Waals surface area contributed by atoms with Crippen LogP contribution in [-0.4, -0.2) is 71.2 Å². The van der Waals surface area contributed by atoms with Crippen LogP contribution in [0.15, 0.2) is 79.0 Å². The van der Waals surface area contributed by atoms with Gasteiger partial charge < -0.3 is 14.7 Å². The number of esters is 1. The summed E-state index contributed by atoms with van der Waals surface area (Å²) in [7, 11) is 0. The second-order valence-electron chi connectivity index (χ2n) is 8.30. The molecule has 0 radical (unpaired) electrons. The van der Waals surface area contributed by atoms with E-state index in [4.69, 9.17) is 4.74 Å². The summed E-state index contributed by atoms with van der Waals surface area (Å²) in [5.41, 5.74) is 2.29. The van der Waals surface area contributed by atoms with Gasteiger partial charge in [-0.15, -0.1) is 0 Å². The van der Waals surface area contributed by atoms with E-state index in [2.05, 4.69) is 63.3 Å². The van der Waals surface area contributed by atoms with Gasteiger partial charge in [0.05, 0.1) is 18.2 Å². The van der Waals surface area contributed by atoms with E-state index in [1.165, 1.54) is 29.5 Å². The minimum absolute atomic E-state index is 0.144. The standard InChI is InChI=1S/C27H29N3O4/c31-26(32)23-13-7-14-28-24(23)27(33)34-20-8-15-29-16-18-30(19-17-29)25(21-9-3-1-4-10-21)22-11-5-2-6-12-22/h1-7,9-14,25H,8,15-20H2,(H,31,32). The second-order valence-corrected chi connectivity index (χ2v) is 8.30. The first-order chi connectivity index (χ1) is 16.6. The van der Waals surface area contributed by atoms with E-state index in [0.717, 1.165) is 32.7 Å². The number of hydrogen-bond acceptors (Lipinski definition) is 6. The number of carbonyl (C=O) groups is 2. The Morgan fingerprint density at radius 3 is 2.09 bits per heavy atom. The summed E-state index contributed by atoms with van der Waals surface area (Å²) in [6.07, 6.45) is 2.07. The number of carbonyl (C=O) groups excluding carboxylic acids is 1. The number of hydrogen-bond donors (Lipinski definition) is 1. The predicted octanol–water partition coefficient (Wildman–Crippen LogP) is 3.73. The summed E-state index contributed by atoms with van der Waals surface area (Å²) in [6.45, 7) is 4.82. The van der Waals surface area contributed by atoms with Crippen LogP contribution < -0.4 is 0 Å². The van der Waals surface area contributed by atoms with E-state index in [-0.39, 0.29) is 23.9 Å². The highest BCUT2D eigenvalue weighted by molar-refractivity contribution is 6.00. The Morgan fingerprint density at radius 1 is 0.882 bits per heavy atom. The van der Waals surface area contributed by atoms with Crippen LogP contribution in [0.3, 0.4) is 0 Å². The molecule has 1 saturated heterocycles. The van der Waals surface area contributed by atoms with Crippen molar-refractivity contribution in [1.29, 1.82) is 0 Å². The van der Waals surface area contributed by atoms with Crippen molar-refractivity contribution in [3.63, 3.8) is 0 Å². The molecule has 1 aliphatic heterocycles. The summed E-state index contributed by atoms with van der Waals surface area (Å²) in [5.74, 6) is -1.89. The molecule has 176 valence electrons. The molecule has 0 saturated carbocycles. The number of ether oxygens (including phenoxy) is 1. The summed E-state index contributed by atoms with van der Waals surface area (Å²) in [6, 6.07) is 24.3. The third-order valence-corrected chi connectivity index (χ3v) is 6.09. The number of aromatic nitrogens is 1. The number of aromatic carboxylic acids is 1. The molecule has 0 atom stereocenters. The number of rotatable bonds is 9. The third-order valence-electron chi connectivity index (χ3n) is 6.09. The monoisotopic (exact) mass is 459 g/mol. The van der Waals surface area contributed by atoms with Crippen LogP contribution in [0.1, 0.15) is 44.4 Å². The zero-order valence-electron chi connectivity index (χ0n) is 19.0. The molecule has 7 nitrogen and oxygen atoms in total. The van der Waals surface area contributed by atoms with E-state index >= 15 is 0 Å². The number of pyridine rings is 1. The Balaban J connectivity index is 1.27. The molecule has 1 aliphatic rings. The fourth-order valence-corrected chi connectivity index (χ4v) is 4.39. The highest BCUT2D eigenvalue weighted by Gasteiger charge is 2.26. The number of carboxylic acid groups (broad SMARTS) is 1. The van der Waals surface area contributed by atoms with Gasteiger partial charge in [0.2, 0.25) is 0 Å². The molecule has 2 heterocycles. The minimum atomic E-state index is -1.19. The van der Waals surface area contributed by atoms with Crippen molar-refractivity contribution in [2.45, 2.75) is 12.5 Å². The van der Waals surface area contributed by atoms with Crippen LogP contribution in [0.25, 0.3) is 0 Å². The average molecular weight is 460 g/mol. The third kappa shape index (κ3) is 5.87. The van der Waals surface area contributed by atoms with Gasteiger partial charge >= 0.3 is 11.9 Å². The lowest BCUT2D eigenvalue weighted by molar-refractivity contribution is 0.0455. The summed E-state index contributed by atoms with van der Waals surface area (Å²) >= 11 is 0. The van der Waals surface area contributed by atoms with Gasteiger partial charge in [0.15, 0.2) is 5.69 Å². The average Bonchev–Trinajstić information content (AvgIpc) is 2.89. The summed E-state index contributed by atoms with van der Waals surface area (Å²) < 4.78 is 5.28. The predicted molar refractivity (Wildman–Crippen MR) is 129 cm³/mol. The number of nitrogens with zero attached hydrogens (tertiary/aromatic N) is 3. The van der Waals surface area contributed by atoms with E-state index in [1.54, 1.807) is 0 Å². The number of carboxylic acids is 1. The molecule has 0 amide bonds. The van der Waals surface area contributed by atoms with Crippen LogP contribution in [-0.2, 0) is 4.74 Å². The molecule has 1 N–H and O–H groups in total. The SMILES string of the molecule is O=C(O)c1cccnc1C(=O)OCCCN1CCN(C(c2ccccc2)c2ccccc2)CC1. The van der Waals surface area contributed by atoms with E-state index < -0.39 is 11.9 Å². The largest absolute Gasteiger partial charge is 0.478 e. The first kappa shape index (κ1) is 23.6. The molecule has 0 spiro atoms. The van der Waals surface area contributed by atoms with Crippen molar-refractivity contribution in [3.8, 4) is 0 Å². The van der Waals surface area contributed by atoms with Crippen molar-refractivity contribution in [2.75, 3.05) is 39.3 Å². The quantitative estimate of drug-likeness (QED) is 0.386. The van der Waals surface area contributed by atoms with Crippen molar-refractivity contribution >= 4 is 11.9 Å². The first-order valence-corrected chi connectivity index (χ1v) is 11.5. The second kappa shape index (κ2) is 11.5. The molecular weight excluding hydrogens is 430 g/mol. The van der Waals surface area contributed by atoms with Gasteiger partial charge in [-0.1, -0.05) is 60.7 Å². The van der Waals surface area contributed by atoms with Crippen LogP contribution in [0, 0.1) is 0 Å². The van der Waals surface area contributed by atoms with Gasteiger partial charge in [0.1, 0.15) is 0 Å². The van der Waals surface area contributed by atoms with Crippen LogP contribution in [0.5, 0.6) is 0 Å². The molecule has 34 heavy (non-hydrogen) atoms. The number of piperazine rings is 1. The van der Waals surface area contributed by atoms with Crippen LogP contribution >= 0.6 is 0 Å². The van der Waals surface area contributed by atoms with Crippen molar-refractivity contribution in [1.82, 2.24) is 14.8 Å². The molecule has 2 aromatic carbocycles. The molecule has 0 bridgehead atoms. The summed E-state index contributed by atoms with van der Waals surface area (Å²) in [5, 5.41) is 9.20. The first-order valence-electron chi connectivity index (χ1n) is 11.5. The highest BCUT2D eigenvalue weighted by Crippen LogP contribution is 2.29. The van der Waals surface area contributed by atoms with Crippen molar-refractivity contribution in [3.05, 3.63) is 101 Å². The van der Waals surface area contributed by atoms with Crippen molar-refractivity contribution in [2.24, 2.45) is 0 Å². The fourth-order valence-electron chi connectivity index (χ4n) is 4.39. The maximum Gasteiger partial charge on any atom is 0.357 e. The Morgan fingerprint density at radius 2 is 1.50 bits per heavy atom. The molecule has 4 rings (SSSR count). The lowest BCUT2D eigenvalue weighted by Gasteiger charge is -2.39. The van der Waals surface area contributed by atoms with Crippen LogP contribution in [0.2, 0.25) is 0 Å². The molecular formula is C27H29N3O4. The lowest BCUT2D eigenvalue weighted by Crippen LogP contribution is -2.48. The molecule has 0 aliphatic carbocycles. The van der Waals surface area contributed by atoms with E-state index in [1.807, 2.05) is 12.1 Å². The zero-order chi connectivity index (χ0) is 23.8. The molecule has 1 fully saturated rings. The molecule has 3 aromatic rings. The maximum absolute atomic E-state index is 12.2. The van der Waals surface area contributed by atoms with Crippen LogP contribution in [0.4, 0.5) is 0 Å². The molecule has 7 heteroatoms. The molecule has 1 aromatic heterocycles. The topological polar surface area (TPSA) is 83.0 Å². The van der Waals surface area contributed by atoms with Gasteiger partial charge in [0, 0.05) is 38.9 Å². The Kier molecular flexibility index (Phi) is 8.01. The van der Waals surface area contributed by atoms with E-state index in [9.17, 15) is 14.7 Å². The normalized spacial score (nSPS) is 14.7. The van der Waals surface area contributed by atoms with Gasteiger partial charge in [0.25, 0.3) is 0 Å². The van der Waals surface area contributed by atoms with Gasteiger partial charge in [-0.2, -0.15) is 0 Å². The highest BCUT2D eigenvalue weighted by atomic mass is 16.5. The summed E-state index contributed by atoms with van der Waals surface area (Å²) in [4.78, 5) is 32.3. The fraction of sp³-hybridized carbons (Fsp3) is 0.296.